The van der Waals surface area contributed by atoms with Crippen LogP contribution in [0.5, 0.6) is 0 Å². The molecular weight excluding hydrogens is 552 g/mol. The van der Waals surface area contributed by atoms with Crippen LogP contribution in [0, 0.1) is 13.8 Å². The molecule has 12 heteroatoms. The molecular formula is C32H30N12. The van der Waals surface area contributed by atoms with Crippen molar-refractivity contribution in [1.82, 2.24) is 45.3 Å². The summed E-state index contributed by atoms with van der Waals surface area (Å²) in [5.41, 5.74) is 5.77. The zero-order valence-electron chi connectivity index (χ0n) is 24.2. The van der Waals surface area contributed by atoms with E-state index in [1.807, 2.05) is 80.6 Å². The molecule has 0 amide bonds. The molecule has 12 nitrogen and oxygen atoms in total. The number of pyridine rings is 1. The number of nitrogens with one attached hydrogen (secondary N) is 5. The lowest BCUT2D eigenvalue weighted by Gasteiger charge is -2.10. The highest BCUT2D eigenvalue weighted by molar-refractivity contribution is 5.92. The van der Waals surface area contributed by atoms with Crippen molar-refractivity contribution >= 4 is 56.7 Å². The maximum absolute atomic E-state index is 4.67. The van der Waals surface area contributed by atoms with Crippen molar-refractivity contribution in [3.8, 4) is 0 Å². The molecule has 0 radical (unpaired) electrons. The highest BCUT2D eigenvalue weighted by atomic mass is 15.2. The lowest BCUT2D eigenvalue weighted by Crippen LogP contribution is -2.02. The lowest BCUT2D eigenvalue weighted by molar-refractivity contribution is 0.966. The molecule has 0 saturated heterocycles. The number of benzene rings is 2. The zero-order chi connectivity index (χ0) is 29.9. The number of H-pyrrole nitrogens is 2. The fourth-order valence-electron chi connectivity index (χ4n) is 4.73. The average Bonchev–Trinajstić information content (AvgIpc) is 3.66. The van der Waals surface area contributed by atoms with Crippen molar-refractivity contribution in [3.05, 3.63) is 102 Å². The molecule has 1 fully saturated rings. The number of aromatic amines is 2. The molecule has 0 aliphatic heterocycles. The molecule has 1 saturated carbocycles. The molecule has 0 spiro atoms. The van der Waals surface area contributed by atoms with E-state index in [0.717, 1.165) is 62.2 Å². The third-order valence-corrected chi connectivity index (χ3v) is 7.13. The Hall–Kier alpha value is -5.91. The van der Waals surface area contributed by atoms with Crippen LogP contribution in [0.25, 0.3) is 21.8 Å². The summed E-state index contributed by atoms with van der Waals surface area (Å²) in [6, 6.07) is 23.7. The topological polar surface area (TPSA) is 158 Å². The van der Waals surface area contributed by atoms with Gasteiger partial charge in [-0.3, -0.25) is 15.2 Å². The van der Waals surface area contributed by atoms with Gasteiger partial charge in [-0.15, -0.1) is 0 Å². The number of nitrogens with zero attached hydrogens (tertiary/aromatic N) is 7. The van der Waals surface area contributed by atoms with Gasteiger partial charge in [0, 0.05) is 45.9 Å². The number of hydrogen-bond acceptors (Lipinski definition) is 10. The molecule has 0 unspecified atom stereocenters. The molecule has 0 atom stereocenters. The summed E-state index contributed by atoms with van der Waals surface area (Å²) in [7, 11) is 0. The highest BCUT2D eigenvalue weighted by Crippen LogP contribution is 2.40. The van der Waals surface area contributed by atoms with E-state index in [0.29, 0.717) is 11.9 Å². The van der Waals surface area contributed by atoms with Gasteiger partial charge in [0.1, 0.15) is 18.0 Å². The second-order valence-electron chi connectivity index (χ2n) is 10.6. The Kier molecular flexibility index (Phi) is 7.21. The smallest absolute Gasteiger partial charge is 0.229 e. The van der Waals surface area contributed by atoms with Crippen LogP contribution in [0.1, 0.15) is 35.8 Å². The number of rotatable bonds is 7. The Morgan fingerprint density at radius 2 is 1.41 bits per heavy atom. The molecule has 1 aliphatic carbocycles. The Bertz CT molecular complexity index is 2040. The van der Waals surface area contributed by atoms with Crippen LogP contribution in [0.2, 0.25) is 0 Å². The summed E-state index contributed by atoms with van der Waals surface area (Å²) < 4.78 is 0. The van der Waals surface area contributed by atoms with Gasteiger partial charge in [-0.25, -0.2) is 15.0 Å². The normalized spacial score (nSPS) is 12.5. The minimum absolute atomic E-state index is 0.514. The van der Waals surface area contributed by atoms with Gasteiger partial charge in [0.05, 0.1) is 22.9 Å². The fourth-order valence-corrected chi connectivity index (χ4v) is 4.73. The number of aryl methyl sites for hydroxylation is 2. The largest absolute Gasteiger partial charge is 0.323 e. The lowest BCUT2D eigenvalue weighted by atomic mass is 10.2. The first-order valence-electron chi connectivity index (χ1n) is 14.3. The van der Waals surface area contributed by atoms with Gasteiger partial charge in [0.15, 0.2) is 11.6 Å². The van der Waals surface area contributed by atoms with E-state index in [1.54, 1.807) is 12.5 Å². The number of hydrogen-bond donors (Lipinski definition) is 5. The van der Waals surface area contributed by atoms with Crippen molar-refractivity contribution in [2.45, 2.75) is 32.6 Å². The first-order chi connectivity index (χ1) is 21.6. The van der Waals surface area contributed by atoms with Gasteiger partial charge in [-0.1, -0.05) is 24.3 Å². The van der Waals surface area contributed by atoms with Crippen molar-refractivity contribution < 1.29 is 0 Å². The standard InChI is InChI=1S/C20H19N7.C12H11N5/c1-12-6-9-14(11-21-12)22-20-23-16-5-3-2-4-15(16)19(25-20)24-18-10-17(26-27-18)13-7-8-13;1-8-6-11(17-16-8)15-12-9-4-2-3-5-10(9)13-7-14-12/h2-6,9-11,13H,7-8H2,1H3,(H3,22,23,24,25,26,27);2-7H,1H3,(H2,13,14,15,16,17). The molecule has 218 valence electrons. The van der Waals surface area contributed by atoms with E-state index in [1.165, 1.54) is 18.5 Å². The number of anilines is 6. The summed E-state index contributed by atoms with van der Waals surface area (Å²) in [5, 5.41) is 26.2. The predicted molar refractivity (Wildman–Crippen MR) is 172 cm³/mol. The van der Waals surface area contributed by atoms with E-state index in [4.69, 9.17) is 0 Å². The first kappa shape index (κ1) is 27.0. The highest BCUT2D eigenvalue weighted by Gasteiger charge is 2.25. The maximum atomic E-state index is 4.67. The van der Waals surface area contributed by atoms with Crippen LogP contribution in [0.3, 0.4) is 0 Å². The number of para-hydroxylation sites is 2. The van der Waals surface area contributed by atoms with Crippen molar-refractivity contribution in [3.63, 3.8) is 0 Å². The van der Waals surface area contributed by atoms with Crippen molar-refractivity contribution in [2.24, 2.45) is 0 Å². The van der Waals surface area contributed by atoms with Gasteiger partial charge >= 0.3 is 0 Å². The van der Waals surface area contributed by atoms with E-state index < -0.39 is 0 Å². The Morgan fingerprint density at radius 1 is 0.682 bits per heavy atom. The molecule has 5 heterocycles. The summed E-state index contributed by atoms with van der Waals surface area (Å²) in [6.45, 7) is 3.91. The summed E-state index contributed by atoms with van der Waals surface area (Å²) >= 11 is 0. The zero-order valence-corrected chi connectivity index (χ0v) is 24.2. The van der Waals surface area contributed by atoms with E-state index >= 15 is 0 Å². The van der Waals surface area contributed by atoms with Gasteiger partial charge in [0.2, 0.25) is 5.95 Å². The third kappa shape index (κ3) is 6.14. The SMILES string of the molecule is Cc1cc(Nc2ncnc3ccccc23)n[nH]1.Cc1ccc(Nc2nc(Nc3cc(C4CC4)[nH]n3)c3ccccc3n2)cn1. The van der Waals surface area contributed by atoms with Crippen LogP contribution in [-0.2, 0) is 0 Å². The van der Waals surface area contributed by atoms with E-state index in [9.17, 15) is 0 Å². The minimum Gasteiger partial charge on any atom is -0.323 e. The first-order valence-corrected chi connectivity index (χ1v) is 14.3. The van der Waals surface area contributed by atoms with E-state index in [2.05, 4.69) is 67.3 Å². The van der Waals surface area contributed by atoms with Crippen molar-refractivity contribution in [2.75, 3.05) is 16.0 Å². The van der Waals surface area contributed by atoms with Gasteiger partial charge in [-0.2, -0.15) is 15.2 Å². The monoisotopic (exact) mass is 582 g/mol. The molecule has 5 aromatic heterocycles. The third-order valence-electron chi connectivity index (χ3n) is 7.13. The minimum atomic E-state index is 0.514. The molecule has 5 N–H and O–H groups in total. The molecule has 8 rings (SSSR count). The quantitative estimate of drug-likeness (QED) is 0.135. The van der Waals surface area contributed by atoms with E-state index in [-0.39, 0.29) is 0 Å². The molecule has 0 bridgehead atoms. The second-order valence-corrected chi connectivity index (χ2v) is 10.6. The Morgan fingerprint density at radius 3 is 2.16 bits per heavy atom. The van der Waals surface area contributed by atoms with Crippen LogP contribution in [0.15, 0.2) is 85.3 Å². The summed E-state index contributed by atoms with van der Waals surface area (Å²) in [5.74, 6) is 4.15. The summed E-state index contributed by atoms with van der Waals surface area (Å²) in [6.07, 6.45) is 5.79. The fraction of sp³-hybridized carbons (Fsp3) is 0.156. The Labute approximate surface area is 252 Å². The number of aromatic nitrogens is 9. The Balaban J connectivity index is 0.000000158. The molecule has 7 aromatic rings. The molecule has 1 aliphatic rings. The summed E-state index contributed by atoms with van der Waals surface area (Å²) in [4.78, 5) is 22.0. The maximum Gasteiger partial charge on any atom is 0.229 e. The van der Waals surface area contributed by atoms with Crippen LogP contribution in [-0.4, -0.2) is 45.3 Å². The van der Waals surface area contributed by atoms with Gasteiger partial charge in [-0.05, 0) is 63.1 Å². The van der Waals surface area contributed by atoms with Gasteiger partial charge < -0.3 is 16.0 Å². The van der Waals surface area contributed by atoms with Gasteiger partial charge in [0.25, 0.3) is 0 Å². The second kappa shape index (κ2) is 11.8. The van der Waals surface area contributed by atoms with Crippen molar-refractivity contribution in [1.29, 1.82) is 0 Å². The molecule has 2 aromatic carbocycles. The van der Waals surface area contributed by atoms with Crippen LogP contribution >= 0.6 is 0 Å². The average molecular weight is 583 g/mol. The molecule has 44 heavy (non-hydrogen) atoms. The predicted octanol–water partition coefficient (Wildman–Crippen LogP) is 6.83. The number of fused-ring (bicyclic) bond motifs is 2. The van der Waals surface area contributed by atoms with Crippen LogP contribution < -0.4 is 16.0 Å². The van der Waals surface area contributed by atoms with Crippen LogP contribution in [0.4, 0.5) is 34.9 Å².